The third-order valence-electron chi connectivity index (χ3n) is 3.24. The van der Waals surface area contributed by atoms with E-state index in [1.807, 2.05) is 0 Å². The van der Waals surface area contributed by atoms with Gasteiger partial charge in [-0.15, -0.1) is 0 Å². The highest BCUT2D eigenvalue weighted by molar-refractivity contribution is 6.28. The van der Waals surface area contributed by atoms with E-state index in [1.165, 1.54) is 6.42 Å². The summed E-state index contributed by atoms with van der Waals surface area (Å²) in [5, 5.41) is 0.163. The van der Waals surface area contributed by atoms with E-state index in [4.69, 9.17) is 17.3 Å². The lowest BCUT2D eigenvalue weighted by Gasteiger charge is -2.23. The van der Waals surface area contributed by atoms with Gasteiger partial charge in [0.05, 0.1) is 0 Å². The van der Waals surface area contributed by atoms with Crippen LogP contribution >= 0.6 is 11.6 Å². The average Bonchev–Trinajstić information content (AvgIpc) is 2.38. The van der Waals surface area contributed by atoms with Gasteiger partial charge in [-0.3, -0.25) is 0 Å². The fourth-order valence-corrected chi connectivity index (χ4v) is 2.28. The summed E-state index contributed by atoms with van der Waals surface area (Å²) in [5.74, 6) is 0.781. The maximum atomic E-state index is 5.80. The zero-order valence-electron chi connectivity index (χ0n) is 10.3. The molecule has 2 rings (SSSR count). The maximum absolute atomic E-state index is 5.80. The summed E-state index contributed by atoms with van der Waals surface area (Å²) in [5.41, 5.74) is 5.97. The Kier molecular flexibility index (Phi) is 3.38. The number of anilines is 2. The van der Waals surface area contributed by atoms with Crippen LogP contribution < -0.4 is 10.6 Å². The number of nitrogen functional groups attached to an aromatic ring is 1. The van der Waals surface area contributed by atoms with Crippen molar-refractivity contribution in [1.82, 2.24) is 15.0 Å². The van der Waals surface area contributed by atoms with Crippen LogP contribution in [0.25, 0.3) is 0 Å². The van der Waals surface area contributed by atoms with E-state index in [1.54, 1.807) is 0 Å². The van der Waals surface area contributed by atoms with Crippen LogP contribution in [0.3, 0.4) is 0 Å². The second kappa shape index (κ2) is 4.64. The monoisotopic (exact) mass is 255 g/mol. The van der Waals surface area contributed by atoms with Crippen LogP contribution in [0, 0.1) is 5.41 Å². The molecule has 1 aromatic heterocycles. The average molecular weight is 256 g/mol. The summed E-state index contributed by atoms with van der Waals surface area (Å²) < 4.78 is 0. The Hall–Kier alpha value is -1.10. The van der Waals surface area contributed by atoms with Crippen LogP contribution in [0.4, 0.5) is 11.9 Å². The molecule has 1 aliphatic heterocycles. The third kappa shape index (κ3) is 3.19. The number of hydrogen-bond donors (Lipinski definition) is 1. The number of nitrogens with zero attached hydrogens (tertiary/aromatic N) is 4. The molecule has 1 saturated heterocycles. The van der Waals surface area contributed by atoms with Gasteiger partial charge >= 0.3 is 0 Å². The molecule has 0 bridgehead atoms. The second-order valence-electron chi connectivity index (χ2n) is 5.27. The lowest BCUT2D eigenvalue weighted by Crippen LogP contribution is -2.27. The third-order valence-corrected chi connectivity index (χ3v) is 3.41. The first-order valence-electron chi connectivity index (χ1n) is 5.88. The molecule has 17 heavy (non-hydrogen) atoms. The first kappa shape index (κ1) is 12.4. The van der Waals surface area contributed by atoms with Crippen LogP contribution in [-0.2, 0) is 0 Å². The zero-order valence-corrected chi connectivity index (χ0v) is 11.0. The van der Waals surface area contributed by atoms with Gasteiger partial charge in [-0.2, -0.15) is 15.0 Å². The van der Waals surface area contributed by atoms with Crippen molar-refractivity contribution in [3.63, 3.8) is 0 Å². The molecule has 0 aliphatic carbocycles. The minimum atomic E-state index is 0.163. The van der Waals surface area contributed by atoms with Gasteiger partial charge in [-0.25, -0.2) is 0 Å². The van der Waals surface area contributed by atoms with E-state index >= 15 is 0 Å². The fraction of sp³-hybridized carbons (Fsp3) is 0.727. The molecule has 0 radical (unpaired) electrons. The van der Waals surface area contributed by atoms with E-state index < -0.39 is 0 Å². The summed E-state index contributed by atoms with van der Waals surface area (Å²) in [6, 6.07) is 0. The van der Waals surface area contributed by atoms with Gasteiger partial charge in [-0.1, -0.05) is 13.8 Å². The Labute approximate surface area is 106 Å². The Morgan fingerprint density at radius 3 is 2.65 bits per heavy atom. The highest BCUT2D eigenvalue weighted by Crippen LogP contribution is 2.30. The molecule has 0 amide bonds. The first-order valence-corrected chi connectivity index (χ1v) is 6.26. The highest BCUT2D eigenvalue weighted by Gasteiger charge is 2.24. The van der Waals surface area contributed by atoms with Crippen molar-refractivity contribution in [2.45, 2.75) is 33.1 Å². The Morgan fingerprint density at radius 2 is 1.94 bits per heavy atom. The van der Waals surface area contributed by atoms with E-state index in [9.17, 15) is 0 Å². The standard InChI is InChI=1S/C11H18ClN5/c1-11(2)4-3-6-17(7-5-11)10-15-8(12)14-9(13)16-10/h3-7H2,1-2H3,(H2,13,14,15,16). The molecule has 1 fully saturated rings. The molecule has 2 N–H and O–H groups in total. The van der Waals surface area contributed by atoms with E-state index in [0.717, 1.165) is 25.9 Å². The molecule has 94 valence electrons. The smallest absolute Gasteiger partial charge is 0.231 e. The summed E-state index contributed by atoms with van der Waals surface area (Å²) >= 11 is 5.80. The topological polar surface area (TPSA) is 67.9 Å². The van der Waals surface area contributed by atoms with Crippen LogP contribution in [0.1, 0.15) is 33.1 Å². The van der Waals surface area contributed by atoms with E-state index in [0.29, 0.717) is 11.4 Å². The summed E-state index contributed by atoms with van der Waals surface area (Å²) in [7, 11) is 0. The van der Waals surface area contributed by atoms with Crippen molar-refractivity contribution in [2.75, 3.05) is 23.7 Å². The van der Waals surface area contributed by atoms with Crippen molar-refractivity contribution in [2.24, 2.45) is 5.41 Å². The number of halogens is 1. The molecular formula is C11H18ClN5. The van der Waals surface area contributed by atoms with E-state index in [2.05, 4.69) is 33.7 Å². The highest BCUT2D eigenvalue weighted by atomic mass is 35.5. The van der Waals surface area contributed by atoms with Gasteiger partial charge in [0.1, 0.15) is 0 Å². The Balaban J connectivity index is 2.17. The molecule has 0 spiro atoms. The maximum Gasteiger partial charge on any atom is 0.231 e. The van der Waals surface area contributed by atoms with Crippen molar-refractivity contribution >= 4 is 23.5 Å². The molecule has 1 aliphatic rings. The normalized spacial score (nSPS) is 20.1. The van der Waals surface area contributed by atoms with Crippen LogP contribution in [-0.4, -0.2) is 28.0 Å². The predicted molar refractivity (Wildman–Crippen MR) is 69.1 cm³/mol. The molecule has 6 heteroatoms. The quantitative estimate of drug-likeness (QED) is 0.833. The Bertz CT molecular complexity index is 387. The van der Waals surface area contributed by atoms with Crippen molar-refractivity contribution < 1.29 is 0 Å². The number of nitrogens with two attached hydrogens (primary N) is 1. The summed E-state index contributed by atoms with van der Waals surface area (Å²) in [6.07, 6.45) is 3.48. The minimum absolute atomic E-state index is 0.163. The largest absolute Gasteiger partial charge is 0.368 e. The van der Waals surface area contributed by atoms with Gasteiger partial charge < -0.3 is 10.6 Å². The first-order chi connectivity index (χ1) is 7.96. The molecule has 2 heterocycles. The van der Waals surface area contributed by atoms with Crippen molar-refractivity contribution in [1.29, 1.82) is 0 Å². The van der Waals surface area contributed by atoms with E-state index in [-0.39, 0.29) is 11.2 Å². The number of hydrogen-bond acceptors (Lipinski definition) is 5. The van der Waals surface area contributed by atoms with Crippen LogP contribution in [0.15, 0.2) is 0 Å². The molecule has 1 aromatic rings. The molecule has 0 aromatic carbocycles. The lowest BCUT2D eigenvalue weighted by molar-refractivity contribution is 0.325. The van der Waals surface area contributed by atoms with Crippen LogP contribution in [0.5, 0.6) is 0 Å². The predicted octanol–water partition coefficient (Wildman–Crippen LogP) is 2.12. The summed E-state index contributed by atoms with van der Waals surface area (Å²) in [4.78, 5) is 14.2. The number of rotatable bonds is 1. The zero-order chi connectivity index (χ0) is 12.5. The number of aromatic nitrogens is 3. The van der Waals surface area contributed by atoms with Crippen molar-refractivity contribution in [3.05, 3.63) is 5.28 Å². The molecule has 5 nitrogen and oxygen atoms in total. The molecule has 0 unspecified atom stereocenters. The molecule has 0 atom stereocenters. The second-order valence-corrected chi connectivity index (χ2v) is 5.61. The SMILES string of the molecule is CC1(C)CCCN(c2nc(N)nc(Cl)n2)CC1. The molecular weight excluding hydrogens is 238 g/mol. The Morgan fingerprint density at radius 1 is 1.18 bits per heavy atom. The van der Waals surface area contributed by atoms with Gasteiger partial charge in [0.2, 0.25) is 17.2 Å². The van der Waals surface area contributed by atoms with Gasteiger partial charge in [0.25, 0.3) is 0 Å². The molecule has 0 saturated carbocycles. The fourth-order valence-electron chi connectivity index (χ4n) is 2.12. The van der Waals surface area contributed by atoms with Gasteiger partial charge in [0.15, 0.2) is 0 Å². The lowest BCUT2D eigenvalue weighted by atomic mass is 9.85. The van der Waals surface area contributed by atoms with Gasteiger partial charge in [-0.05, 0) is 36.3 Å². The van der Waals surface area contributed by atoms with Gasteiger partial charge in [0, 0.05) is 13.1 Å². The minimum Gasteiger partial charge on any atom is -0.368 e. The summed E-state index contributed by atoms with van der Waals surface area (Å²) in [6.45, 7) is 6.48. The van der Waals surface area contributed by atoms with Crippen LogP contribution in [0.2, 0.25) is 5.28 Å². The van der Waals surface area contributed by atoms with Crippen molar-refractivity contribution in [3.8, 4) is 0 Å².